The van der Waals surface area contributed by atoms with Gasteiger partial charge < -0.3 is 4.90 Å². The van der Waals surface area contributed by atoms with Gasteiger partial charge in [-0.15, -0.1) is 11.3 Å². The second-order valence-corrected chi connectivity index (χ2v) is 15.2. The van der Waals surface area contributed by atoms with Crippen molar-refractivity contribution >= 4 is 104 Å². The van der Waals surface area contributed by atoms with Crippen LogP contribution in [0.5, 0.6) is 0 Å². The molecule has 2 aliphatic heterocycles. The summed E-state index contributed by atoms with van der Waals surface area (Å²) >= 11 is 1.89. The molecule has 0 saturated heterocycles. The van der Waals surface area contributed by atoms with Crippen molar-refractivity contribution in [3.05, 3.63) is 170 Å². The van der Waals surface area contributed by atoms with Gasteiger partial charge in [0, 0.05) is 37.2 Å². The fourth-order valence-electron chi connectivity index (χ4n) is 9.12. The Morgan fingerprint density at radius 2 is 1.06 bits per heavy atom. The minimum atomic E-state index is 0.137. The van der Waals surface area contributed by atoms with Crippen LogP contribution in [0.3, 0.4) is 0 Å². The quantitative estimate of drug-likeness (QED) is 0.167. The third kappa shape index (κ3) is 3.87. The molecule has 1 aromatic heterocycles. The molecule has 9 aromatic carbocycles. The van der Waals surface area contributed by atoms with E-state index in [0.717, 1.165) is 0 Å². The Morgan fingerprint density at radius 1 is 0.412 bits per heavy atom. The molecule has 0 aliphatic carbocycles. The SMILES string of the molecule is c1ccc2cc(N3c4cc5ccccc5cc4B4c5cc6ccccc6cc5-c5cc(-c6cccc7sc8ccccc8c67)cc3c54)ccc2c1. The molecule has 10 aromatic rings. The van der Waals surface area contributed by atoms with Gasteiger partial charge in [0.1, 0.15) is 0 Å². The van der Waals surface area contributed by atoms with E-state index in [4.69, 9.17) is 0 Å². The van der Waals surface area contributed by atoms with Crippen LogP contribution in [-0.4, -0.2) is 6.71 Å². The van der Waals surface area contributed by atoms with Gasteiger partial charge in [-0.25, -0.2) is 0 Å². The zero-order valence-electron chi connectivity index (χ0n) is 27.6. The second kappa shape index (κ2) is 10.2. The number of benzene rings is 9. The molecular formula is C48H28BNS. The van der Waals surface area contributed by atoms with E-state index in [-0.39, 0.29) is 6.71 Å². The van der Waals surface area contributed by atoms with Crippen LogP contribution < -0.4 is 21.3 Å². The summed E-state index contributed by atoms with van der Waals surface area (Å²) in [5.41, 5.74) is 13.1. The standard InChI is InChI=1S/C48H28BNS/c1-2-11-30-22-36(21-20-29(30)10-1)50-43-27-34-15-6-5-14-33(34)26-42(43)49-41-25-32-13-4-3-12-31(32)23-39(41)40-24-35(28-44(50)48(40)49)37-17-9-19-46-47(37)38-16-7-8-18-45(38)51-46/h1-28H. The van der Waals surface area contributed by atoms with Crippen LogP contribution in [0.25, 0.3) is 74.7 Å². The molecule has 3 heterocycles. The summed E-state index contributed by atoms with van der Waals surface area (Å²) in [6.07, 6.45) is 0. The van der Waals surface area contributed by atoms with Crippen LogP contribution in [0.2, 0.25) is 0 Å². The highest BCUT2D eigenvalue weighted by molar-refractivity contribution is 7.26. The van der Waals surface area contributed by atoms with Crippen LogP contribution >= 0.6 is 11.3 Å². The van der Waals surface area contributed by atoms with Gasteiger partial charge in [-0.3, -0.25) is 0 Å². The van der Waals surface area contributed by atoms with Gasteiger partial charge in [-0.2, -0.15) is 0 Å². The lowest BCUT2D eigenvalue weighted by Crippen LogP contribution is -2.54. The Hall–Kier alpha value is -6.16. The molecule has 12 rings (SSSR count). The fourth-order valence-corrected chi connectivity index (χ4v) is 10.3. The number of anilines is 3. The smallest absolute Gasteiger partial charge is 0.248 e. The topological polar surface area (TPSA) is 3.24 Å². The summed E-state index contributed by atoms with van der Waals surface area (Å²) in [5, 5.41) is 10.3. The minimum Gasteiger partial charge on any atom is -0.311 e. The zero-order chi connectivity index (χ0) is 33.2. The number of rotatable bonds is 2. The van der Waals surface area contributed by atoms with E-state index in [1.165, 1.54) is 108 Å². The van der Waals surface area contributed by atoms with Crippen molar-refractivity contribution in [2.24, 2.45) is 0 Å². The van der Waals surface area contributed by atoms with Crippen molar-refractivity contribution in [3.8, 4) is 22.3 Å². The molecule has 0 saturated carbocycles. The molecule has 234 valence electrons. The van der Waals surface area contributed by atoms with Crippen molar-refractivity contribution in [2.75, 3.05) is 4.90 Å². The lowest BCUT2D eigenvalue weighted by Gasteiger charge is -2.37. The molecule has 1 nitrogen and oxygen atoms in total. The summed E-state index contributed by atoms with van der Waals surface area (Å²) < 4.78 is 2.66. The van der Waals surface area contributed by atoms with Gasteiger partial charge in [0.25, 0.3) is 0 Å². The maximum absolute atomic E-state index is 2.56. The average Bonchev–Trinajstić information content (AvgIpc) is 3.72. The monoisotopic (exact) mass is 661 g/mol. The van der Waals surface area contributed by atoms with Crippen LogP contribution in [0, 0.1) is 0 Å². The Balaban J connectivity index is 1.23. The summed E-state index contributed by atoms with van der Waals surface area (Å²) in [6, 6.07) is 63.9. The third-order valence-corrected chi connectivity index (χ3v) is 12.5. The van der Waals surface area contributed by atoms with Crippen molar-refractivity contribution in [1.29, 1.82) is 0 Å². The first kappa shape index (κ1) is 27.6. The van der Waals surface area contributed by atoms with Crippen LogP contribution in [0.15, 0.2) is 170 Å². The minimum absolute atomic E-state index is 0.137. The molecule has 0 spiro atoms. The number of hydrogen-bond donors (Lipinski definition) is 0. The summed E-state index contributed by atoms with van der Waals surface area (Å²) in [4.78, 5) is 2.56. The molecule has 0 atom stereocenters. The maximum Gasteiger partial charge on any atom is 0.248 e. The highest BCUT2D eigenvalue weighted by Gasteiger charge is 2.43. The lowest BCUT2D eigenvalue weighted by molar-refractivity contribution is 1.31. The Bertz CT molecular complexity index is 3120. The molecule has 0 unspecified atom stereocenters. The van der Waals surface area contributed by atoms with Crippen LogP contribution in [0.1, 0.15) is 0 Å². The van der Waals surface area contributed by atoms with Gasteiger partial charge in [-0.05, 0) is 114 Å². The van der Waals surface area contributed by atoms with Gasteiger partial charge in [0.2, 0.25) is 6.71 Å². The predicted octanol–water partition coefficient (Wildman–Crippen LogP) is 11.5. The Morgan fingerprint density at radius 3 is 1.86 bits per heavy atom. The van der Waals surface area contributed by atoms with E-state index in [1.54, 1.807) is 0 Å². The first-order valence-electron chi connectivity index (χ1n) is 17.7. The summed E-state index contributed by atoms with van der Waals surface area (Å²) in [5.74, 6) is 0. The molecule has 0 N–H and O–H groups in total. The number of nitrogens with zero attached hydrogens (tertiary/aromatic N) is 1. The Labute approximate surface area is 299 Å². The molecule has 2 aliphatic rings. The molecular weight excluding hydrogens is 633 g/mol. The van der Waals surface area contributed by atoms with E-state index in [0.29, 0.717) is 0 Å². The van der Waals surface area contributed by atoms with Crippen LogP contribution in [-0.2, 0) is 0 Å². The fraction of sp³-hybridized carbons (Fsp3) is 0. The third-order valence-electron chi connectivity index (χ3n) is 11.4. The van der Waals surface area contributed by atoms with Gasteiger partial charge in [0.15, 0.2) is 0 Å². The molecule has 51 heavy (non-hydrogen) atoms. The molecule has 0 amide bonds. The van der Waals surface area contributed by atoms with Crippen molar-refractivity contribution in [3.63, 3.8) is 0 Å². The molecule has 3 heteroatoms. The Kier molecular flexibility index (Phi) is 5.53. The van der Waals surface area contributed by atoms with E-state index in [1.807, 2.05) is 11.3 Å². The van der Waals surface area contributed by atoms with Gasteiger partial charge in [-0.1, -0.05) is 127 Å². The van der Waals surface area contributed by atoms with Crippen molar-refractivity contribution < 1.29 is 0 Å². The van der Waals surface area contributed by atoms with E-state index < -0.39 is 0 Å². The van der Waals surface area contributed by atoms with E-state index in [9.17, 15) is 0 Å². The van der Waals surface area contributed by atoms with Crippen molar-refractivity contribution in [1.82, 2.24) is 0 Å². The number of hydrogen-bond acceptors (Lipinski definition) is 2. The zero-order valence-corrected chi connectivity index (χ0v) is 28.4. The molecule has 0 radical (unpaired) electrons. The summed E-state index contributed by atoms with van der Waals surface area (Å²) in [7, 11) is 0. The first-order chi connectivity index (χ1) is 25.3. The van der Waals surface area contributed by atoms with Crippen LogP contribution in [0.4, 0.5) is 17.1 Å². The van der Waals surface area contributed by atoms with E-state index >= 15 is 0 Å². The van der Waals surface area contributed by atoms with E-state index in [2.05, 4.69) is 175 Å². The second-order valence-electron chi connectivity index (χ2n) is 14.1. The van der Waals surface area contributed by atoms with Gasteiger partial charge >= 0.3 is 0 Å². The highest BCUT2D eigenvalue weighted by atomic mass is 32.1. The number of fused-ring (bicyclic) bond motifs is 11. The summed E-state index contributed by atoms with van der Waals surface area (Å²) in [6.45, 7) is 0.137. The highest BCUT2D eigenvalue weighted by Crippen LogP contribution is 2.47. The predicted molar refractivity (Wildman–Crippen MR) is 222 cm³/mol. The van der Waals surface area contributed by atoms with Gasteiger partial charge in [0.05, 0.1) is 0 Å². The lowest BCUT2D eigenvalue weighted by atomic mass is 9.37. The normalized spacial score (nSPS) is 13.0. The molecule has 0 fully saturated rings. The van der Waals surface area contributed by atoms with Crippen molar-refractivity contribution in [2.45, 2.75) is 0 Å². The number of thiophene rings is 1. The average molecular weight is 662 g/mol. The first-order valence-corrected chi connectivity index (χ1v) is 18.5. The largest absolute Gasteiger partial charge is 0.311 e. The maximum atomic E-state index is 2.56. The molecule has 0 bridgehead atoms.